The van der Waals surface area contributed by atoms with E-state index < -0.39 is 15.7 Å². The molecule has 0 spiro atoms. The molecule has 0 N–H and O–H groups in total. The van der Waals surface area contributed by atoms with Crippen LogP contribution in [0.3, 0.4) is 0 Å². The highest BCUT2D eigenvalue weighted by atomic mass is 32.2. The standard InChI is InChI=1S/C15H15FO4S/c1-19-10-20-15-6-4-3-5-13(15)12-8-7-11(9-14(12)16)21(2,17)18/h3-9H,10H2,1-2H3. The van der Waals surface area contributed by atoms with Gasteiger partial charge in [0.25, 0.3) is 0 Å². The molecule has 0 saturated carbocycles. The van der Waals surface area contributed by atoms with Gasteiger partial charge in [-0.25, -0.2) is 12.8 Å². The molecule has 0 aliphatic heterocycles. The minimum Gasteiger partial charge on any atom is -0.467 e. The Bertz CT molecular complexity index is 741. The van der Waals surface area contributed by atoms with Gasteiger partial charge in [-0.1, -0.05) is 24.3 Å². The van der Waals surface area contributed by atoms with Gasteiger partial charge in [0.05, 0.1) is 4.90 Å². The molecule has 0 radical (unpaired) electrons. The second kappa shape index (κ2) is 6.24. The minimum absolute atomic E-state index is 0.0417. The minimum atomic E-state index is -3.44. The molecule has 4 nitrogen and oxygen atoms in total. The average Bonchev–Trinajstić information content (AvgIpc) is 2.44. The fourth-order valence-corrected chi connectivity index (χ4v) is 2.52. The van der Waals surface area contributed by atoms with Crippen molar-refractivity contribution in [3.05, 3.63) is 48.3 Å². The third kappa shape index (κ3) is 3.59. The Balaban J connectivity index is 2.48. The molecule has 0 bridgehead atoms. The van der Waals surface area contributed by atoms with Gasteiger partial charge in [-0.3, -0.25) is 0 Å². The summed E-state index contributed by atoms with van der Waals surface area (Å²) in [5.41, 5.74) is 0.807. The second-order valence-electron chi connectivity index (χ2n) is 4.46. The maximum atomic E-state index is 14.2. The first-order valence-electron chi connectivity index (χ1n) is 6.14. The van der Waals surface area contributed by atoms with Crippen molar-refractivity contribution >= 4 is 9.84 Å². The summed E-state index contributed by atoms with van der Waals surface area (Å²) in [5.74, 6) is -0.156. The third-order valence-electron chi connectivity index (χ3n) is 2.88. The molecule has 2 aromatic carbocycles. The van der Waals surface area contributed by atoms with Gasteiger partial charge < -0.3 is 9.47 Å². The van der Waals surface area contributed by atoms with Crippen molar-refractivity contribution in [3.63, 3.8) is 0 Å². The summed E-state index contributed by atoms with van der Waals surface area (Å²) in [6.07, 6.45) is 1.04. The van der Waals surface area contributed by atoms with Crippen LogP contribution in [0, 0.1) is 5.82 Å². The number of methoxy groups -OCH3 is 1. The predicted octanol–water partition coefficient (Wildman–Crippen LogP) is 2.88. The van der Waals surface area contributed by atoms with E-state index in [9.17, 15) is 12.8 Å². The number of rotatable bonds is 5. The number of ether oxygens (including phenoxy) is 2. The Hall–Kier alpha value is -1.92. The lowest BCUT2D eigenvalue weighted by atomic mass is 10.0. The molecule has 0 aliphatic carbocycles. The monoisotopic (exact) mass is 310 g/mol. The molecule has 112 valence electrons. The van der Waals surface area contributed by atoms with Crippen LogP contribution in [-0.4, -0.2) is 28.6 Å². The van der Waals surface area contributed by atoms with Crippen LogP contribution in [0.25, 0.3) is 11.1 Å². The van der Waals surface area contributed by atoms with Gasteiger partial charge >= 0.3 is 0 Å². The zero-order valence-electron chi connectivity index (χ0n) is 11.7. The van der Waals surface area contributed by atoms with Crippen molar-refractivity contribution in [3.8, 4) is 16.9 Å². The molecular formula is C15H15FO4S. The molecule has 0 saturated heterocycles. The molecule has 0 aromatic heterocycles. The van der Waals surface area contributed by atoms with E-state index in [4.69, 9.17) is 9.47 Å². The van der Waals surface area contributed by atoms with Crippen molar-refractivity contribution in [1.29, 1.82) is 0 Å². The van der Waals surface area contributed by atoms with E-state index in [1.165, 1.54) is 19.2 Å². The van der Waals surface area contributed by atoms with E-state index >= 15 is 0 Å². The molecule has 0 amide bonds. The van der Waals surface area contributed by atoms with E-state index in [1.807, 2.05) is 0 Å². The Morgan fingerprint density at radius 3 is 2.43 bits per heavy atom. The van der Waals surface area contributed by atoms with Crippen LogP contribution in [0.1, 0.15) is 0 Å². The van der Waals surface area contributed by atoms with E-state index in [-0.39, 0.29) is 17.3 Å². The Morgan fingerprint density at radius 2 is 1.81 bits per heavy atom. The quantitative estimate of drug-likeness (QED) is 0.797. The Kier molecular flexibility index (Phi) is 4.59. The summed E-state index contributed by atoms with van der Waals surface area (Å²) in [5, 5.41) is 0. The number of hydrogen-bond donors (Lipinski definition) is 0. The lowest BCUT2D eigenvalue weighted by Gasteiger charge is -2.12. The highest BCUT2D eigenvalue weighted by Crippen LogP contribution is 2.32. The lowest BCUT2D eigenvalue weighted by Crippen LogP contribution is -2.01. The van der Waals surface area contributed by atoms with Crippen LogP contribution in [-0.2, 0) is 14.6 Å². The van der Waals surface area contributed by atoms with Crippen LogP contribution in [0.15, 0.2) is 47.4 Å². The van der Waals surface area contributed by atoms with Crippen LogP contribution in [0.5, 0.6) is 5.75 Å². The smallest absolute Gasteiger partial charge is 0.188 e. The highest BCUT2D eigenvalue weighted by Gasteiger charge is 2.14. The first-order chi connectivity index (χ1) is 9.93. The summed E-state index contributed by atoms with van der Waals surface area (Å²) < 4.78 is 47.3. The number of hydrogen-bond acceptors (Lipinski definition) is 4. The van der Waals surface area contributed by atoms with E-state index in [0.717, 1.165) is 12.3 Å². The summed E-state index contributed by atoms with van der Waals surface area (Å²) in [6, 6.07) is 10.7. The molecule has 0 heterocycles. The molecular weight excluding hydrogens is 295 g/mol. The number of para-hydroxylation sites is 1. The van der Waals surface area contributed by atoms with Crippen LogP contribution in [0.2, 0.25) is 0 Å². The number of halogens is 1. The van der Waals surface area contributed by atoms with Gasteiger partial charge in [0.2, 0.25) is 0 Å². The third-order valence-corrected chi connectivity index (χ3v) is 3.99. The molecule has 2 aromatic rings. The van der Waals surface area contributed by atoms with E-state index in [1.54, 1.807) is 24.3 Å². The van der Waals surface area contributed by atoms with Gasteiger partial charge in [0, 0.05) is 24.5 Å². The predicted molar refractivity (Wildman–Crippen MR) is 77.4 cm³/mol. The summed E-state index contributed by atoms with van der Waals surface area (Å²) >= 11 is 0. The first-order valence-corrected chi connectivity index (χ1v) is 8.03. The molecule has 0 atom stereocenters. The highest BCUT2D eigenvalue weighted by molar-refractivity contribution is 7.90. The van der Waals surface area contributed by atoms with Gasteiger partial charge in [-0.05, 0) is 18.2 Å². The van der Waals surface area contributed by atoms with Gasteiger partial charge in [0.15, 0.2) is 16.6 Å². The zero-order valence-corrected chi connectivity index (χ0v) is 12.5. The second-order valence-corrected chi connectivity index (χ2v) is 6.48. The zero-order chi connectivity index (χ0) is 15.5. The SMILES string of the molecule is COCOc1ccccc1-c1ccc(S(C)(=O)=O)cc1F. The van der Waals surface area contributed by atoms with Crippen LogP contribution < -0.4 is 4.74 Å². The van der Waals surface area contributed by atoms with Crippen molar-refractivity contribution < 1.29 is 22.3 Å². The number of benzene rings is 2. The molecule has 2 rings (SSSR count). The molecule has 0 unspecified atom stereocenters. The van der Waals surface area contributed by atoms with Gasteiger partial charge in [-0.15, -0.1) is 0 Å². The normalized spacial score (nSPS) is 11.4. The van der Waals surface area contributed by atoms with Crippen molar-refractivity contribution in [1.82, 2.24) is 0 Å². The molecule has 6 heteroatoms. The topological polar surface area (TPSA) is 52.6 Å². The first kappa shape index (κ1) is 15.5. The largest absolute Gasteiger partial charge is 0.467 e. The maximum absolute atomic E-state index is 14.2. The fourth-order valence-electron chi connectivity index (χ4n) is 1.88. The summed E-state index contributed by atoms with van der Waals surface area (Å²) in [6.45, 7) is 0.0417. The fraction of sp³-hybridized carbons (Fsp3) is 0.200. The van der Waals surface area contributed by atoms with Crippen LogP contribution >= 0.6 is 0 Å². The average molecular weight is 310 g/mol. The summed E-state index contributed by atoms with van der Waals surface area (Å²) in [4.78, 5) is -0.0564. The molecule has 0 aliphatic rings. The van der Waals surface area contributed by atoms with Crippen molar-refractivity contribution in [2.75, 3.05) is 20.2 Å². The maximum Gasteiger partial charge on any atom is 0.188 e. The van der Waals surface area contributed by atoms with Crippen LogP contribution in [0.4, 0.5) is 4.39 Å². The Labute approximate surface area is 123 Å². The van der Waals surface area contributed by atoms with E-state index in [2.05, 4.69) is 0 Å². The van der Waals surface area contributed by atoms with Crippen molar-refractivity contribution in [2.45, 2.75) is 4.90 Å². The molecule has 0 fully saturated rings. The van der Waals surface area contributed by atoms with Gasteiger partial charge in [0.1, 0.15) is 11.6 Å². The summed E-state index contributed by atoms with van der Waals surface area (Å²) in [7, 11) is -1.95. The Morgan fingerprint density at radius 1 is 1.10 bits per heavy atom. The molecule has 21 heavy (non-hydrogen) atoms. The lowest BCUT2D eigenvalue weighted by molar-refractivity contribution is 0.0515. The van der Waals surface area contributed by atoms with Crippen molar-refractivity contribution in [2.24, 2.45) is 0 Å². The number of sulfone groups is 1. The van der Waals surface area contributed by atoms with Gasteiger partial charge in [-0.2, -0.15) is 0 Å². The van der Waals surface area contributed by atoms with E-state index in [0.29, 0.717) is 11.3 Å².